The molecule has 2 heterocycles. The van der Waals surface area contributed by atoms with Crippen LogP contribution in [0.4, 0.5) is 11.4 Å². The van der Waals surface area contributed by atoms with Crippen molar-refractivity contribution < 1.29 is 18.8 Å². The van der Waals surface area contributed by atoms with Gasteiger partial charge in [0.05, 0.1) is 18.5 Å². The molecule has 0 unspecified atom stereocenters. The van der Waals surface area contributed by atoms with Gasteiger partial charge in [-0.2, -0.15) is 0 Å². The fourth-order valence-corrected chi connectivity index (χ4v) is 3.55. The van der Waals surface area contributed by atoms with Crippen LogP contribution >= 0.6 is 11.6 Å². The molecule has 2 aromatic carbocycles. The van der Waals surface area contributed by atoms with Crippen LogP contribution in [0.25, 0.3) is 0 Å². The number of anilines is 2. The second-order valence-corrected chi connectivity index (χ2v) is 7.70. The van der Waals surface area contributed by atoms with Crippen molar-refractivity contribution in [2.45, 2.75) is 20.4 Å². The van der Waals surface area contributed by atoms with E-state index in [1.165, 1.54) is 6.26 Å². The fourth-order valence-electron chi connectivity index (χ4n) is 3.34. The minimum atomic E-state index is -0.582. The highest BCUT2D eigenvalue weighted by molar-refractivity contribution is 6.53. The average molecular weight is 450 g/mol. The monoisotopic (exact) mass is 449 g/mol. The van der Waals surface area contributed by atoms with E-state index in [9.17, 15) is 14.4 Å². The Morgan fingerprint density at radius 1 is 1.00 bits per heavy atom. The van der Waals surface area contributed by atoms with Crippen LogP contribution in [0, 0.1) is 13.8 Å². The molecule has 0 atom stereocenters. The lowest BCUT2D eigenvalue weighted by molar-refractivity contribution is -0.120. The minimum absolute atomic E-state index is 0.00686. The highest BCUT2D eigenvalue weighted by Crippen LogP contribution is 2.32. The zero-order valence-electron chi connectivity index (χ0n) is 17.4. The molecular weight excluding hydrogens is 430 g/mol. The van der Waals surface area contributed by atoms with Gasteiger partial charge in [0.2, 0.25) is 0 Å². The highest BCUT2D eigenvalue weighted by Gasteiger charge is 2.39. The van der Waals surface area contributed by atoms with Gasteiger partial charge in [0.1, 0.15) is 16.5 Å². The van der Waals surface area contributed by atoms with Crippen molar-refractivity contribution in [2.24, 2.45) is 0 Å². The van der Waals surface area contributed by atoms with Gasteiger partial charge < -0.3 is 15.1 Å². The van der Waals surface area contributed by atoms with Crippen molar-refractivity contribution in [2.75, 3.05) is 10.2 Å². The Morgan fingerprint density at radius 3 is 2.44 bits per heavy atom. The maximum absolute atomic E-state index is 13.0. The van der Waals surface area contributed by atoms with Gasteiger partial charge in [0.15, 0.2) is 0 Å². The number of hydrogen-bond donors (Lipinski definition) is 2. The average Bonchev–Trinajstić information content (AvgIpc) is 3.38. The van der Waals surface area contributed by atoms with Gasteiger partial charge >= 0.3 is 0 Å². The Bertz CT molecular complexity index is 1230. The molecule has 4 rings (SSSR count). The first kappa shape index (κ1) is 21.4. The summed E-state index contributed by atoms with van der Waals surface area (Å²) in [5, 5.41) is 5.49. The first-order valence-corrected chi connectivity index (χ1v) is 10.3. The summed E-state index contributed by atoms with van der Waals surface area (Å²) in [4.78, 5) is 39.1. The smallest absolute Gasteiger partial charge is 0.283 e. The molecular formula is C24H20ClN3O4. The molecule has 0 spiro atoms. The molecule has 1 aliphatic heterocycles. The number of nitrogens with zero attached hydrogens (tertiary/aromatic N) is 1. The lowest BCUT2D eigenvalue weighted by atomic mass is 10.1. The van der Waals surface area contributed by atoms with E-state index in [0.29, 0.717) is 22.7 Å². The van der Waals surface area contributed by atoms with Crippen LogP contribution in [0.3, 0.4) is 0 Å². The van der Waals surface area contributed by atoms with Crippen LogP contribution in [0.5, 0.6) is 0 Å². The third-order valence-electron chi connectivity index (χ3n) is 5.26. The van der Waals surface area contributed by atoms with Crippen molar-refractivity contribution in [1.29, 1.82) is 0 Å². The maximum Gasteiger partial charge on any atom is 0.283 e. The number of carbonyl (C=O) groups excluding carboxylic acids is 3. The minimum Gasteiger partial charge on any atom is -0.467 e. The summed E-state index contributed by atoms with van der Waals surface area (Å²) < 4.78 is 5.19. The molecule has 1 aliphatic rings. The Labute approximate surface area is 189 Å². The molecule has 8 heteroatoms. The third kappa shape index (κ3) is 4.02. The summed E-state index contributed by atoms with van der Waals surface area (Å²) in [6.07, 6.45) is 1.54. The van der Waals surface area contributed by atoms with Crippen molar-refractivity contribution >= 4 is 40.7 Å². The summed E-state index contributed by atoms with van der Waals surface area (Å²) in [6.45, 7) is 4.03. The van der Waals surface area contributed by atoms with Gasteiger partial charge in [-0.05, 0) is 67.4 Å². The largest absolute Gasteiger partial charge is 0.467 e. The van der Waals surface area contributed by atoms with Crippen LogP contribution in [0.15, 0.2) is 76.0 Å². The quantitative estimate of drug-likeness (QED) is 0.548. The Kier molecular flexibility index (Phi) is 5.83. The highest BCUT2D eigenvalue weighted by atomic mass is 35.5. The van der Waals surface area contributed by atoms with Crippen LogP contribution in [0.2, 0.25) is 0 Å². The van der Waals surface area contributed by atoms with E-state index in [1.54, 1.807) is 48.5 Å². The zero-order chi connectivity index (χ0) is 22.8. The van der Waals surface area contributed by atoms with Gasteiger partial charge in [0.25, 0.3) is 17.7 Å². The number of benzene rings is 2. The molecule has 3 aromatic rings. The molecule has 0 aliphatic carbocycles. The van der Waals surface area contributed by atoms with Crippen molar-refractivity contribution in [1.82, 2.24) is 5.32 Å². The second-order valence-electron chi connectivity index (χ2n) is 7.32. The lowest BCUT2D eigenvalue weighted by Crippen LogP contribution is -2.33. The van der Waals surface area contributed by atoms with Crippen molar-refractivity contribution in [3.05, 3.63) is 94.0 Å². The van der Waals surface area contributed by atoms with E-state index in [2.05, 4.69) is 10.6 Å². The molecule has 0 fully saturated rings. The lowest BCUT2D eigenvalue weighted by Gasteiger charge is -2.18. The van der Waals surface area contributed by atoms with Crippen LogP contribution in [-0.2, 0) is 16.1 Å². The number of furan rings is 1. The number of carbonyl (C=O) groups is 3. The van der Waals surface area contributed by atoms with Gasteiger partial charge in [-0.15, -0.1) is 0 Å². The molecule has 0 radical (unpaired) electrons. The summed E-state index contributed by atoms with van der Waals surface area (Å²) >= 11 is 6.21. The van der Waals surface area contributed by atoms with E-state index in [-0.39, 0.29) is 23.2 Å². The third-order valence-corrected chi connectivity index (χ3v) is 5.61. The summed E-state index contributed by atoms with van der Waals surface area (Å²) in [7, 11) is 0. The van der Waals surface area contributed by atoms with E-state index < -0.39 is 11.8 Å². The predicted octanol–water partition coefficient (Wildman–Crippen LogP) is 4.26. The van der Waals surface area contributed by atoms with Gasteiger partial charge in [-0.25, -0.2) is 4.90 Å². The number of imide groups is 1. The Balaban J connectivity index is 1.47. The SMILES string of the molecule is Cc1cccc(N2C(=O)C(Cl)=C(Nc3ccc(C(=O)NCc4ccco4)cc3)C2=O)c1C. The first-order valence-electron chi connectivity index (χ1n) is 9.89. The van der Waals surface area contributed by atoms with Crippen molar-refractivity contribution in [3.63, 3.8) is 0 Å². The van der Waals surface area contributed by atoms with E-state index in [1.807, 2.05) is 19.9 Å². The summed E-state index contributed by atoms with van der Waals surface area (Å²) in [6, 6.07) is 15.4. The summed E-state index contributed by atoms with van der Waals surface area (Å²) in [5.74, 6) is -0.731. The number of rotatable bonds is 6. The molecule has 32 heavy (non-hydrogen) atoms. The molecule has 0 bridgehead atoms. The normalized spacial score (nSPS) is 13.7. The Hall–Kier alpha value is -3.84. The number of aryl methyl sites for hydroxylation is 1. The van der Waals surface area contributed by atoms with Crippen LogP contribution in [0.1, 0.15) is 27.2 Å². The maximum atomic E-state index is 13.0. The molecule has 0 saturated carbocycles. The fraction of sp³-hybridized carbons (Fsp3) is 0.125. The van der Waals surface area contributed by atoms with Gasteiger partial charge in [0, 0.05) is 11.3 Å². The molecule has 3 amide bonds. The predicted molar refractivity (Wildman–Crippen MR) is 121 cm³/mol. The standard InChI is InChI=1S/C24H20ClN3O4/c1-14-5-3-7-19(15(14)2)28-23(30)20(25)21(24(28)31)27-17-10-8-16(9-11-17)22(29)26-13-18-6-4-12-32-18/h3-12,27H,13H2,1-2H3,(H,26,29). The number of hydrogen-bond acceptors (Lipinski definition) is 5. The van der Waals surface area contributed by atoms with E-state index >= 15 is 0 Å². The zero-order valence-corrected chi connectivity index (χ0v) is 18.2. The second kappa shape index (κ2) is 8.72. The Morgan fingerprint density at radius 2 is 1.75 bits per heavy atom. The van der Waals surface area contributed by atoms with Crippen LogP contribution in [-0.4, -0.2) is 17.7 Å². The van der Waals surface area contributed by atoms with E-state index in [4.69, 9.17) is 16.0 Å². The number of amides is 3. The van der Waals surface area contributed by atoms with Crippen molar-refractivity contribution in [3.8, 4) is 0 Å². The molecule has 7 nitrogen and oxygen atoms in total. The van der Waals surface area contributed by atoms with Gasteiger partial charge in [-0.3, -0.25) is 14.4 Å². The van der Waals surface area contributed by atoms with Crippen LogP contribution < -0.4 is 15.5 Å². The molecule has 1 aromatic heterocycles. The molecule has 0 saturated heterocycles. The molecule has 2 N–H and O–H groups in total. The summed E-state index contributed by atoms with van der Waals surface area (Å²) in [5.41, 5.74) is 3.23. The topological polar surface area (TPSA) is 91.7 Å². The number of halogens is 1. The van der Waals surface area contributed by atoms with Gasteiger partial charge in [-0.1, -0.05) is 23.7 Å². The van der Waals surface area contributed by atoms with E-state index in [0.717, 1.165) is 16.0 Å². The first-order chi connectivity index (χ1) is 15.4. The molecule has 162 valence electrons. The number of nitrogens with one attached hydrogen (secondary N) is 2.